The SMILES string of the molecule is CNc1nc(C(C)S(C)(=O)=O)no1. The van der Waals surface area contributed by atoms with Crippen molar-refractivity contribution < 1.29 is 12.9 Å². The Bertz CT molecular complexity index is 384. The zero-order chi connectivity index (χ0) is 10.1. The molecule has 0 spiro atoms. The van der Waals surface area contributed by atoms with Crippen LogP contribution in [0.2, 0.25) is 0 Å². The van der Waals surface area contributed by atoms with Gasteiger partial charge in [0.05, 0.1) is 0 Å². The maximum absolute atomic E-state index is 11.1. The highest BCUT2D eigenvalue weighted by Crippen LogP contribution is 2.18. The molecule has 1 N–H and O–H groups in total. The molecule has 1 unspecified atom stereocenters. The Kier molecular flexibility index (Phi) is 2.55. The zero-order valence-electron chi connectivity index (χ0n) is 7.60. The van der Waals surface area contributed by atoms with Crippen LogP contribution in [0.25, 0.3) is 0 Å². The number of rotatable bonds is 3. The summed E-state index contributed by atoms with van der Waals surface area (Å²) in [6.07, 6.45) is 1.13. The predicted molar refractivity (Wildman–Crippen MR) is 47.1 cm³/mol. The molecule has 0 saturated carbocycles. The van der Waals surface area contributed by atoms with Gasteiger partial charge in [-0.1, -0.05) is 5.16 Å². The number of hydrogen-bond acceptors (Lipinski definition) is 6. The van der Waals surface area contributed by atoms with Crippen LogP contribution in [-0.4, -0.2) is 31.9 Å². The van der Waals surface area contributed by atoms with E-state index in [0.717, 1.165) is 6.26 Å². The second-order valence-corrected chi connectivity index (χ2v) is 5.05. The summed E-state index contributed by atoms with van der Waals surface area (Å²) in [6, 6.07) is 0.213. The molecule has 1 aromatic rings. The Morgan fingerprint density at radius 2 is 2.15 bits per heavy atom. The normalized spacial score (nSPS) is 14.1. The van der Waals surface area contributed by atoms with E-state index in [1.165, 1.54) is 6.92 Å². The molecule has 0 aliphatic rings. The number of nitrogens with one attached hydrogen (secondary N) is 1. The van der Waals surface area contributed by atoms with Crippen LogP contribution < -0.4 is 5.32 Å². The van der Waals surface area contributed by atoms with Gasteiger partial charge >= 0.3 is 6.01 Å². The first-order chi connectivity index (χ1) is 5.95. The number of sulfone groups is 1. The van der Waals surface area contributed by atoms with Gasteiger partial charge in [-0.15, -0.1) is 0 Å². The summed E-state index contributed by atoms with van der Waals surface area (Å²) in [5.41, 5.74) is 0. The molecule has 1 atom stereocenters. The molecule has 7 heteroatoms. The third-order valence-corrected chi connectivity index (χ3v) is 3.16. The average Bonchev–Trinajstić information content (AvgIpc) is 2.48. The summed E-state index contributed by atoms with van der Waals surface area (Å²) in [6.45, 7) is 1.51. The van der Waals surface area contributed by atoms with E-state index in [0.29, 0.717) is 0 Å². The minimum absolute atomic E-state index is 0.173. The molecule has 0 amide bonds. The van der Waals surface area contributed by atoms with Gasteiger partial charge in [0.25, 0.3) is 0 Å². The van der Waals surface area contributed by atoms with Crippen molar-refractivity contribution in [2.75, 3.05) is 18.6 Å². The molecule has 0 bridgehead atoms. The van der Waals surface area contributed by atoms with Crippen molar-refractivity contribution in [3.8, 4) is 0 Å². The topological polar surface area (TPSA) is 85.1 Å². The standard InChI is InChI=1S/C6H11N3O3S/c1-4(13(3,10)11)5-8-6(7-2)12-9-5/h4H,1-3H3,(H,7,8,9). The molecule has 0 radical (unpaired) electrons. The van der Waals surface area contributed by atoms with Gasteiger partial charge in [0.2, 0.25) is 0 Å². The molecule has 1 heterocycles. The van der Waals surface area contributed by atoms with Crippen molar-refractivity contribution in [2.45, 2.75) is 12.2 Å². The second kappa shape index (κ2) is 3.33. The number of aromatic nitrogens is 2. The monoisotopic (exact) mass is 205 g/mol. The summed E-state index contributed by atoms with van der Waals surface area (Å²) in [5.74, 6) is 0.173. The van der Waals surface area contributed by atoms with Gasteiger partial charge in [-0.05, 0) is 6.92 Å². The van der Waals surface area contributed by atoms with Gasteiger partial charge in [0.15, 0.2) is 15.7 Å². The molecule has 0 aliphatic heterocycles. The predicted octanol–water partition coefficient (Wildman–Crippen LogP) is 0.217. The third-order valence-electron chi connectivity index (χ3n) is 1.66. The van der Waals surface area contributed by atoms with Crippen LogP contribution in [-0.2, 0) is 9.84 Å². The number of anilines is 1. The zero-order valence-corrected chi connectivity index (χ0v) is 8.42. The van der Waals surface area contributed by atoms with Crippen molar-refractivity contribution in [1.82, 2.24) is 10.1 Å². The summed E-state index contributed by atoms with van der Waals surface area (Å²) >= 11 is 0. The Morgan fingerprint density at radius 1 is 1.54 bits per heavy atom. The van der Waals surface area contributed by atoms with E-state index in [1.54, 1.807) is 7.05 Å². The van der Waals surface area contributed by atoms with Gasteiger partial charge < -0.3 is 9.84 Å². The van der Waals surface area contributed by atoms with Crippen LogP contribution in [0.5, 0.6) is 0 Å². The smallest absolute Gasteiger partial charge is 0.321 e. The first-order valence-corrected chi connectivity index (χ1v) is 5.61. The molecule has 0 aliphatic carbocycles. The van der Waals surface area contributed by atoms with Crippen LogP contribution in [0.3, 0.4) is 0 Å². The molecule has 0 aromatic carbocycles. The van der Waals surface area contributed by atoms with Gasteiger partial charge in [0, 0.05) is 13.3 Å². The number of nitrogens with zero attached hydrogens (tertiary/aromatic N) is 2. The van der Waals surface area contributed by atoms with Crippen LogP contribution in [0, 0.1) is 0 Å². The van der Waals surface area contributed by atoms with E-state index < -0.39 is 15.1 Å². The van der Waals surface area contributed by atoms with E-state index in [-0.39, 0.29) is 11.8 Å². The highest BCUT2D eigenvalue weighted by molar-refractivity contribution is 7.90. The third kappa shape index (κ3) is 2.18. The first-order valence-electron chi connectivity index (χ1n) is 3.65. The molecule has 13 heavy (non-hydrogen) atoms. The van der Waals surface area contributed by atoms with E-state index in [9.17, 15) is 8.42 Å². The fourth-order valence-electron chi connectivity index (χ4n) is 0.693. The van der Waals surface area contributed by atoms with Crippen molar-refractivity contribution in [3.63, 3.8) is 0 Å². The highest BCUT2D eigenvalue weighted by atomic mass is 32.2. The van der Waals surface area contributed by atoms with Crippen molar-refractivity contribution in [2.24, 2.45) is 0 Å². The van der Waals surface area contributed by atoms with Crippen molar-refractivity contribution in [1.29, 1.82) is 0 Å². The minimum Gasteiger partial charge on any atom is -0.341 e. The summed E-state index contributed by atoms with van der Waals surface area (Å²) in [7, 11) is -1.55. The lowest BCUT2D eigenvalue weighted by atomic mass is 10.5. The minimum atomic E-state index is -3.16. The van der Waals surface area contributed by atoms with E-state index in [4.69, 9.17) is 4.52 Å². The summed E-state index contributed by atoms with van der Waals surface area (Å²) in [5, 5.41) is 5.41. The lowest BCUT2D eigenvalue weighted by Gasteiger charge is -2.01. The fraction of sp³-hybridized carbons (Fsp3) is 0.667. The molecular weight excluding hydrogens is 194 g/mol. The maximum Gasteiger partial charge on any atom is 0.321 e. The molecule has 1 aromatic heterocycles. The van der Waals surface area contributed by atoms with Gasteiger partial charge in [-0.2, -0.15) is 4.98 Å². The van der Waals surface area contributed by atoms with Crippen LogP contribution in [0.15, 0.2) is 4.52 Å². The average molecular weight is 205 g/mol. The molecule has 1 rings (SSSR count). The largest absolute Gasteiger partial charge is 0.341 e. The van der Waals surface area contributed by atoms with Gasteiger partial charge in [0.1, 0.15) is 5.25 Å². The van der Waals surface area contributed by atoms with Gasteiger partial charge in [-0.3, -0.25) is 0 Å². The maximum atomic E-state index is 11.1. The summed E-state index contributed by atoms with van der Waals surface area (Å²) in [4.78, 5) is 3.83. The Morgan fingerprint density at radius 3 is 2.54 bits per heavy atom. The molecule has 74 valence electrons. The lowest BCUT2D eigenvalue weighted by Crippen LogP contribution is -2.09. The summed E-state index contributed by atoms with van der Waals surface area (Å²) < 4.78 is 26.9. The Balaban J connectivity index is 2.96. The molecule has 0 fully saturated rings. The van der Waals surface area contributed by atoms with E-state index >= 15 is 0 Å². The lowest BCUT2D eigenvalue weighted by molar-refractivity contribution is 0.423. The highest BCUT2D eigenvalue weighted by Gasteiger charge is 2.22. The molecular formula is C6H11N3O3S. The molecule has 6 nitrogen and oxygen atoms in total. The van der Waals surface area contributed by atoms with Crippen LogP contribution in [0.4, 0.5) is 6.01 Å². The Hall–Kier alpha value is -1.11. The Labute approximate surface area is 76.3 Å². The fourth-order valence-corrected chi connectivity index (χ4v) is 1.17. The molecule has 0 saturated heterocycles. The van der Waals surface area contributed by atoms with Crippen molar-refractivity contribution in [3.05, 3.63) is 5.82 Å². The quantitative estimate of drug-likeness (QED) is 0.759. The van der Waals surface area contributed by atoms with Crippen LogP contribution in [0.1, 0.15) is 18.0 Å². The second-order valence-electron chi connectivity index (χ2n) is 2.68. The first kappa shape index (κ1) is 9.97. The van der Waals surface area contributed by atoms with E-state index in [1.807, 2.05) is 0 Å². The van der Waals surface area contributed by atoms with Gasteiger partial charge in [-0.25, -0.2) is 8.42 Å². The van der Waals surface area contributed by atoms with Crippen molar-refractivity contribution >= 4 is 15.9 Å². The number of hydrogen-bond donors (Lipinski definition) is 1. The van der Waals surface area contributed by atoms with Crippen LogP contribution >= 0.6 is 0 Å². The van der Waals surface area contributed by atoms with E-state index in [2.05, 4.69) is 15.5 Å².